The van der Waals surface area contributed by atoms with Crippen molar-refractivity contribution in [1.82, 2.24) is 20.1 Å². The maximum atomic E-state index is 11.7. The van der Waals surface area contributed by atoms with Crippen LogP contribution in [0.25, 0.3) is 11.5 Å². The Morgan fingerprint density at radius 1 is 1.09 bits per heavy atom. The first-order valence-corrected chi connectivity index (χ1v) is 10.7. The fourth-order valence-corrected chi connectivity index (χ4v) is 3.76. The van der Waals surface area contributed by atoms with Crippen molar-refractivity contribution in [2.45, 2.75) is 19.3 Å². The van der Waals surface area contributed by atoms with Crippen LogP contribution < -0.4 is 20.1 Å². The Labute approximate surface area is 184 Å². The van der Waals surface area contributed by atoms with Crippen LogP contribution in [-0.4, -0.2) is 58.8 Å². The first-order valence-electron chi connectivity index (χ1n) is 10.7. The number of fused-ring (bicyclic) bond motifs is 1. The van der Waals surface area contributed by atoms with Gasteiger partial charge in [-0.25, -0.2) is 4.98 Å². The van der Waals surface area contributed by atoms with Crippen LogP contribution >= 0.6 is 0 Å². The summed E-state index contributed by atoms with van der Waals surface area (Å²) < 4.78 is 17.0. The van der Waals surface area contributed by atoms with Crippen LogP contribution in [0.3, 0.4) is 0 Å². The van der Waals surface area contributed by atoms with Crippen molar-refractivity contribution in [3.05, 3.63) is 36.5 Å². The number of hydrogen-bond acceptors (Lipinski definition) is 9. The number of pyridine rings is 1. The standard InChI is InChI=1S/C22H24N6O4/c29-19-5-2-10-28(19)11-3-9-24-20-16(4-1-8-23-20)21-26-27-22(32-21)25-15-6-7-17-18(14-15)31-13-12-30-17/h1,4,6-8,14H,2-3,5,9-13H2,(H,23,24)(H,25,27). The van der Waals surface area contributed by atoms with E-state index >= 15 is 0 Å². The number of carbonyl (C=O) groups excluding carboxylic acids is 1. The quantitative estimate of drug-likeness (QED) is 0.514. The van der Waals surface area contributed by atoms with E-state index in [4.69, 9.17) is 13.9 Å². The van der Waals surface area contributed by atoms with Gasteiger partial charge in [0.05, 0.1) is 5.56 Å². The van der Waals surface area contributed by atoms with Crippen LogP contribution in [0.5, 0.6) is 11.5 Å². The van der Waals surface area contributed by atoms with Gasteiger partial charge in [-0.2, -0.15) is 0 Å². The SMILES string of the molecule is O=C1CCCN1CCCNc1ncccc1-c1nnc(Nc2ccc3c(c2)OCCO3)o1. The normalized spacial score (nSPS) is 15.1. The predicted octanol–water partition coefficient (Wildman–Crippen LogP) is 3.07. The average molecular weight is 436 g/mol. The van der Waals surface area contributed by atoms with Crippen molar-refractivity contribution >= 4 is 23.4 Å². The van der Waals surface area contributed by atoms with E-state index in [0.717, 1.165) is 31.6 Å². The van der Waals surface area contributed by atoms with E-state index in [1.54, 1.807) is 6.20 Å². The Kier molecular flexibility index (Phi) is 5.73. The molecule has 0 aliphatic carbocycles. The Balaban J connectivity index is 1.22. The molecule has 0 spiro atoms. The van der Waals surface area contributed by atoms with Gasteiger partial charge in [-0.3, -0.25) is 4.79 Å². The van der Waals surface area contributed by atoms with E-state index in [9.17, 15) is 4.79 Å². The third-order valence-corrected chi connectivity index (χ3v) is 5.33. The molecule has 0 unspecified atom stereocenters. The topological polar surface area (TPSA) is 115 Å². The van der Waals surface area contributed by atoms with Crippen LogP contribution in [0, 0.1) is 0 Å². The van der Waals surface area contributed by atoms with E-state index in [0.29, 0.717) is 55.0 Å². The van der Waals surface area contributed by atoms with Gasteiger partial charge >= 0.3 is 6.01 Å². The molecule has 1 fully saturated rings. The monoisotopic (exact) mass is 436 g/mol. The zero-order chi connectivity index (χ0) is 21.8. The minimum atomic E-state index is 0.243. The molecule has 3 aromatic rings. The highest BCUT2D eigenvalue weighted by Gasteiger charge is 2.19. The Hall–Kier alpha value is -3.82. The van der Waals surface area contributed by atoms with E-state index in [-0.39, 0.29) is 11.9 Å². The number of ether oxygens (including phenoxy) is 2. The van der Waals surface area contributed by atoms with Gasteiger partial charge < -0.3 is 29.4 Å². The number of nitrogens with one attached hydrogen (secondary N) is 2. The number of carbonyl (C=O) groups is 1. The molecular formula is C22H24N6O4. The van der Waals surface area contributed by atoms with Gasteiger partial charge in [-0.05, 0) is 37.1 Å². The maximum absolute atomic E-state index is 11.7. The second kappa shape index (κ2) is 9.13. The second-order valence-corrected chi connectivity index (χ2v) is 7.56. The fourth-order valence-electron chi connectivity index (χ4n) is 3.76. The highest BCUT2D eigenvalue weighted by atomic mass is 16.6. The van der Waals surface area contributed by atoms with Crippen molar-refractivity contribution in [2.24, 2.45) is 0 Å². The van der Waals surface area contributed by atoms with Gasteiger partial charge in [-0.15, -0.1) is 5.10 Å². The summed E-state index contributed by atoms with van der Waals surface area (Å²) in [6.07, 6.45) is 4.16. The molecule has 10 nitrogen and oxygen atoms in total. The molecule has 1 saturated heterocycles. The van der Waals surface area contributed by atoms with Crippen molar-refractivity contribution < 1.29 is 18.7 Å². The van der Waals surface area contributed by atoms with Gasteiger partial charge in [0.25, 0.3) is 5.89 Å². The molecule has 2 aromatic heterocycles. The van der Waals surface area contributed by atoms with Crippen molar-refractivity contribution in [2.75, 3.05) is 43.5 Å². The van der Waals surface area contributed by atoms with Crippen molar-refractivity contribution in [1.29, 1.82) is 0 Å². The van der Waals surface area contributed by atoms with Crippen LogP contribution in [0.1, 0.15) is 19.3 Å². The number of anilines is 3. The third kappa shape index (κ3) is 4.43. The fraction of sp³-hybridized carbons (Fsp3) is 0.364. The Morgan fingerprint density at radius 3 is 2.88 bits per heavy atom. The molecule has 4 heterocycles. The highest BCUT2D eigenvalue weighted by Crippen LogP contribution is 2.34. The van der Waals surface area contributed by atoms with Gasteiger partial charge in [0.15, 0.2) is 11.5 Å². The first kappa shape index (κ1) is 20.1. The van der Waals surface area contributed by atoms with E-state index in [1.165, 1.54) is 0 Å². The molecule has 0 bridgehead atoms. The molecule has 32 heavy (non-hydrogen) atoms. The minimum Gasteiger partial charge on any atom is -0.486 e. The molecule has 2 aliphatic rings. The lowest BCUT2D eigenvalue weighted by Gasteiger charge is -2.18. The molecule has 10 heteroatoms. The van der Waals surface area contributed by atoms with Gasteiger partial charge in [0, 0.05) is 44.0 Å². The van der Waals surface area contributed by atoms with Crippen molar-refractivity contribution in [3.63, 3.8) is 0 Å². The van der Waals surface area contributed by atoms with Crippen LogP contribution in [-0.2, 0) is 4.79 Å². The minimum absolute atomic E-state index is 0.243. The number of rotatable bonds is 8. The molecule has 0 radical (unpaired) electrons. The summed E-state index contributed by atoms with van der Waals surface area (Å²) in [5, 5.41) is 14.7. The summed E-state index contributed by atoms with van der Waals surface area (Å²) >= 11 is 0. The number of likely N-dealkylation sites (tertiary alicyclic amines) is 1. The summed E-state index contributed by atoms with van der Waals surface area (Å²) in [7, 11) is 0. The number of aromatic nitrogens is 3. The zero-order valence-corrected chi connectivity index (χ0v) is 17.5. The van der Waals surface area contributed by atoms with E-state index in [1.807, 2.05) is 35.2 Å². The lowest BCUT2D eigenvalue weighted by molar-refractivity contribution is -0.127. The summed E-state index contributed by atoms with van der Waals surface area (Å²) in [6.45, 7) is 3.36. The Bertz CT molecular complexity index is 1100. The van der Waals surface area contributed by atoms with Crippen molar-refractivity contribution in [3.8, 4) is 23.0 Å². The molecule has 2 N–H and O–H groups in total. The largest absolute Gasteiger partial charge is 0.486 e. The smallest absolute Gasteiger partial charge is 0.320 e. The summed E-state index contributed by atoms with van der Waals surface area (Å²) in [5.74, 6) is 2.65. The number of nitrogens with zero attached hydrogens (tertiary/aromatic N) is 4. The molecule has 166 valence electrons. The highest BCUT2D eigenvalue weighted by molar-refractivity contribution is 5.78. The Morgan fingerprint density at radius 2 is 2.00 bits per heavy atom. The molecule has 1 aromatic carbocycles. The molecule has 0 saturated carbocycles. The average Bonchev–Trinajstić information content (AvgIpc) is 3.46. The molecule has 0 atom stereocenters. The zero-order valence-electron chi connectivity index (χ0n) is 17.5. The first-order chi connectivity index (χ1) is 15.8. The second-order valence-electron chi connectivity index (χ2n) is 7.56. The number of benzene rings is 1. The molecule has 2 aliphatic heterocycles. The van der Waals surface area contributed by atoms with Gasteiger partial charge in [0.2, 0.25) is 5.91 Å². The molecule has 1 amide bonds. The lowest BCUT2D eigenvalue weighted by Crippen LogP contribution is -2.27. The maximum Gasteiger partial charge on any atom is 0.320 e. The summed E-state index contributed by atoms with van der Waals surface area (Å²) in [6, 6.07) is 9.49. The van der Waals surface area contributed by atoms with Crippen LogP contribution in [0.4, 0.5) is 17.5 Å². The summed E-state index contributed by atoms with van der Waals surface area (Å²) in [4.78, 5) is 18.1. The molecular weight excluding hydrogens is 412 g/mol. The molecule has 5 rings (SSSR count). The van der Waals surface area contributed by atoms with Gasteiger partial charge in [-0.1, -0.05) is 5.10 Å². The van der Waals surface area contributed by atoms with Crippen LogP contribution in [0.2, 0.25) is 0 Å². The number of amides is 1. The third-order valence-electron chi connectivity index (χ3n) is 5.33. The van der Waals surface area contributed by atoms with Crippen LogP contribution in [0.15, 0.2) is 40.9 Å². The lowest BCUT2D eigenvalue weighted by atomic mass is 10.2. The van der Waals surface area contributed by atoms with Gasteiger partial charge in [0.1, 0.15) is 19.0 Å². The van der Waals surface area contributed by atoms with E-state index < -0.39 is 0 Å². The summed E-state index contributed by atoms with van der Waals surface area (Å²) in [5.41, 5.74) is 1.47. The number of hydrogen-bond donors (Lipinski definition) is 2. The predicted molar refractivity (Wildman–Crippen MR) is 117 cm³/mol. The van der Waals surface area contributed by atoms with E-state index in [2.05, 4.69) is 25.8 Å².